The highest BCUT2D eigenvalue weighted by Gasteiger charge is 2.30. The highest BCUT2D eigenvalue weighted by atomic mass is 31.2. The number of hydrogen-bond donors (Lipinski definition) is 3. The molecule has 0 aromatic carbocycles. The molecule has 17 nitrogen and oxygen atoms in total. The van der Waals surface area contributed by atoms with E-state index >= 15 is 0 Å². The Balaban J connectivity index is 5.26. The lowest BCUT2D eigenvalue weighted by atomic mass is 9.99. The fourth-order valence-electron chi connectivity index (χ4n) is 13.2. The largest absolute Gasteiger partial charge is 0.472 e. The first-order chi connectivity index (χ1) is 50.4. The van der Waals surface area contributed by atoms with Crippen molar-refractivity contribution in [3.05, 3.63) is 0 Å². The summed E-state index contributed by atoms with van der Waals surface area (Å²) in [6.45, 7) is 9.70. The molecule has 0 saturated carbocycles. The van der Waals surface area contributed by atoms with Gasteiger partial charge in [-0.25, -0.2) is 9.13 Å². The van der Waals surface area contributed by atoms with Gasteiger partial charge in [-0.2, -0.15) is 0 Å². The SMILES string of the molecule is CCCCCCCCCCCCCCCCCCCCC(=O)OC[C@H](COP(=O)(O)OC[C@@H](O)COP(=O)(O)OC[C@@H](COC(=O)CCCCCCCCCCC(C)CC)OC(=O)CCCCCCCCCCCCCCCCCC)OC(=O)CCCCCCCCCCCCCCCCCC(C)C. The summed E-state index contributed by atoms with van der Waals surface area (Å²) < 4.78 is 68.9. The average molecular weight is 1520 g/mol. The van der Waals surface area contributed by atoms with Crippen LogP contribution in [0.5, 0.6) is 0 Å². The molecule has 0 bridgehead atoms. The van der Waals surface area contributed by atoms with Crippen molar-refractivity contribution in [3.8, 4) is 0 Å². The average Bonchev–Trinajstić information content (AvgIpc) is 0.923. The smallest absolute Gasteiger partial charge is 0.462 e. The zero-order valence-electron chi connectivity index (χ0n) is 68.3. The summed E-state index contributed by atoms with van der Waals surface area (Å²) in [6.07, 6.45) is 67.9. The topological polar surface area (TPSA) is 237 Å². The van der Waals surface area contributed by atoms with Crippen LogP contribution < -0.4 is 0 Å². The number of aliphatic hydroxyl groups is 1. The molecular weight excluding hydrogens is 1350 g/mol. The van der Waals surface area contributed by atoms with Crippen molar-refractivity contribution in [2.75, 3.05) is 39.6 Å². The van der Waals surface area contributed by atoms with Crippen molar-refractivity contribution in [3.63, 3.8) is 0 Å². The van der Waals surface area contributed by atoms with Crippen LogP contribution in [0.15, 0.2) is 0 Å². The Labute approximate surface area is 638 Å². The molecule has 19 heteroatoms. The molecule has 0 heterocycles. The number of hydrogen-bond acceptors (Lipinski definition) is 15. The summed E-state index contributed by atoms with van der Waals surface area (Å²) in [6, 6.07) is 0. The summed E-state index contributed by atoms with van der Waals surface area (Å²) in [4.78, 5) is 73.2. The van der Waals surface area contributed by atoms with Crippen molar-refractivity contribution in [2.24, 2.45) is 11.8 Å². The Kier molecular flexibility index (Phi) is 75.0. The van der Waals surface area contributed by atoms with E-state index in [1.54, 1.807) is 0 Å². The molecule has 0 spiro atoms. The Bertz CT molecular complexity index is 2000. The van der Waals surface area contributed by atoms with E-state index in [4.69, 9.17) is 37.0 Å². The van der Waals surface area contributed by atoms with Crippen LogP contribution in [-0.4, -0.2) is 96.7 Å². The summed E-state index contributed by atoms with van der Waals surface area (Å²) >= 11 is 0. The molecule has 0 aromatic heterocycles. The van der Waals surface area contributed by atoms with Gasteiger partial charge >= 0.3 is 39.5 Å². The van der Waals surface area contributed by atoms with Gasteiger partial charge in [-0.1, -0.05) is 401 Å². The number of unbranched alkanes of at least 4 members (excludes halogenated alkanes) is 53. The molecule has 0 saturated heterocycles. The van der Waals surface area contributed by atoms with Crippen LogP contribution in [0.25, 0.3) is 0 Å². The number of phosphoric ester groups is 2. The molecule has 6 atom stereocenters. The first-order valence-corrected chi connectivity index (χ1v) is 47.0. The maximum Gasteiger partial charge on any atom is 0.472 e. The Morgan fingerprint density at radius 1 is 0.279 bits per heavy atom. The van der Waals surface area contributed by atoms with Gasteiger partial charge in [0.25, 0.3) is 0 Å². The van der Waals surface area contributed by atoms with Gasteiger partial charge in [0.2, 0.25) is 0 Å². The van der Waals surface area contributed by atoms with E-state index in [9.17, 15) is 43.2 Å². The quantitative estimate of drug-likeness (QED) is 0.0222. The lowest BCUT2D eigenvalue weighted by Gasteiger charge is -2.21. The van der Waals surface area contributed by atoms with Crippen LogP contribution in [0.3, 0.4) is 0 Å². The molecule has 3 N–H and O–H groups in total. The third-order valence-electron chi connectivity index (χ3n) is 20.3. The zero-order chi connectivity index (χ0) is 76.4. The lowest BCUT2D eigenvalue weighted by molar-refractivity contribution is -0.161. The van der Waals surface area contributed by atoms with Gasteiger partial charge in [0.1, 0.15) is 19.3 Å². The first-order valence-electron chi connectivity index (χ1n) is 44.0. The van der Waals surface area contributed by atoms with Crippen LogP contribution in [0.1, 0.15) is 452 Å². The molecule has 3 unspecified atom stereocenters. The predicted molar refractivity (Wildman–Crippen MR) is 428 cm³/mol. The number of rotatable bonds is 84. The van der Waals surface area contributed by atoms with Gasteiger partial charge in [0.05, 0.1) is 26.4 Å². The van der Waals surface area contributed by atoms with Crippen molar-refractivity contribution in [1.29, 1.82) is 0 Å². The fraction of sp³-hybridized carbons (Fsp3) is 0.953. The van der Waals surface area contributed by atoms with E-state index in [1.807, 2.05) is 0 Å². The molecule has 0 fully saturated rings. The van der Waals surface area contributed by atoms with Gasteiger partial charge < -0.3 is 33.8 Å². The molecule has 0 radical (unpaired) electrons. The van der Waals surface area contributed by atoms with Crippen LogP contribution in [0, 0.1) is 11.8 Å². The first kappa shape index (κ1) is 102. The summed E-state index contributed by atoms with van der Waals surface area (Å²) in [5, 5.41) is 10.7. The van der Waals surface area contributed by atoms with E-state index in [0.717, 1.165) is 102 Å². The maximum atomic E-state index is 13.1. The maximum absolute atomic E-state index is 13.1. The van der Waals surface area contributed by atoms with E-state index in [1.165, 1.54) is 270 Å². The monoisotopic (exact) mass is 1520 g/mol. The van der Waals surface area contributed by atoms with E-state index in [2.05, 4.69) is 41.5 Å². The van der Waals surface area contributed by atoms with Gasteiger partial charge in [-0.15, -0.1) is 0 Å². The predicted octanol–water partition coefficient (Wildman–Crippen LogP) is 25.8. The molecule has 0 aliphatic heterocycles. The Morgan fingerprint density at radius 2 is 0.490 bits per heavy atom. The van der Waals surface area contributed by atoms with Crippen LogP contribution in [0.2, 0.25) is 0 Å². The standard InChI is InChI=1S/C85H166O17P2/c1-7-10-12-14-16-18-20-22-24-26-27-31-34-38-42-49-55-61-67-82(87)95-73-80(101-84(89)70-64-58-52-44-40-36-32-28-29-33-37-41-47-53-59-65-77(4)5)75-99-103(91,92)97-71-79(86)72-98-104(93,94)100-76-81(74-96-83(88)68-62-56-50-46-45-48-54-60-66-78(6)9-3)102-85(90)69-63-57-51-43-39-35-30-25-23-21-19-17-15-13-11-8-2/h77-81,86H,7-76H2,1-6H3,(H,91,92)(H,93,94)/t78?,79-,80-,81-/m1/s1. The van der Waals surface area contributed by atoms with Gasteiger partial charge in [-0.05, 0) is 37.5 Å². The minimum atomic E-state index is -4.97. The molecule has 618 valence electrons. The highest BCUT2D eigenvalue weighted by molar-refractivity contribution is 7.47. The molecule has 104 heavy (non-hydrogen) atoms. The highest BCUT2D eigenvalue weighted by Crippen LogP contribution is 2.45. The van der Waals surface area contributed by atoms with Gasteiger partial charge in [-0.3, -0.25) is 37.3 Å². The minimum absolute atomic E-state index is 0.108. The Morgan fingerprint density at radius 3 is 0.731 bits per heavy atom. The van der Waals surface area contributed by atoms with E-state index in [0.29, 0.717) is 25.7 Å². The second-order valence-corrected chi connectivity index (χ2v) is 34.2. The fourth-order valence-corrected chi connectivity index (χ4v) is 14.8. The second kappa shape index (κ2) is 76.4. The van der Waals surface area contributed by atoms with Crippen molar-refractivity contribution in [2.45, 2.75) is 471 Å². The molecule has 0 rings (SSSR count). The van der Waals surface area contributed by atoms with E-state index < -0.39 is 97.5 Å². The van der Waals surface area contributed by atoms with Crippen LogP contribution >= 0.6 is 15.6 Å². The molecule has 0 amide bonds. The number of esters is 4. The second-order valence-electron chi connectivity index (χ2n) is 31.3. The third kappa shape index (κ3) is 76.8. The number of aliphatic hydroxyl groups excluding tert-OH is 1. The number of carbonyl (C=O) groups is 4. The third-order valence-corrected chi connectivity index (χ3v) is 22.2. The summed E-state index contributed by atoms with van der Waals surface area (Å²) in [5.41, 5.74) is 0. The van der Waals surface area contributed by atoms with Crippen molar-refractivity contribution < 1.29 is 80.2 Å². The van der Waals surface area contributed by atoms with Gasteiger partial charge in [0.15, 0.2) is 12.2 Å². The van der Waals surface area contributed by atoms with Crippen molar-refractivity contribution in [1.82, 2.24) is 0 Å². The minimum Gasteiger partial charge on any atom is -0.462 e. The van der Waals surface area contributed by atoms with Crippen LogP contribution in [0.4, 0.5) is 0 Å². The molecule has 0 aliphatic carbocycles. The molecular formula is C85H166O17P2. The number of phosphoric acid groups is 2. The molecule has 0 aliphatic rings. The van der Waals surface area contributed by atoms with Crippen molar-refractivity contribution >= 4 is 39.5 Å². The normalized spacial score (nSPS) is 14.1. The summed E-state index contributed by atoms with van der Waals surface area (Å²) in [5.74, 6) is -0.522. The van der Waals surface area contributed by atoms with Gasteiger partial charge in [0, 0.05) is 25.7 Å². The van der Waals surface area contributed by atoms with E-state index in [-0.39, 0.29) is 25.7 Å². The summed E-state index contributed by atoms with van der Waals surface area (Å²) in [7, 11) is -9.93. The lowest BCUT2D eigenvalue weighted by Crippen LogP contribution is -2.30. The number of ether oxygens (including phenoxy) is 4. The zero-order valence-corrected chi connectivity index (χ0v) is 70.1. The Hall–Kier alpha value is -1.94. The van der Waals surface area contributed by atoms with Crippen LogP contribution in [-0.2, 0) is 65.4 Å². The number of carbonyl (C=O) groups excluding carboxylic acids is 4. The molecule has 0 aromatic rings.